The average molecular weight is 725 g/mol. The number of aliphatic hydroxyl groups excluding tert-OH is 10. The van der Waals surface area contributed by atoms with Crippen LogP contribution in [0.15, 0.2) is 12.2 Å². The summed E-state index contributed by atoms with van der Waals surface area (Å²) in [5, 5.41) is 115. The van der Waals surface area contributed by atoms with Gasteiger partial charge in [-0.2, -0.15) is 11.0 Å². The molecule has 2 aliphatic heterocycles. The summed E-state index contributed by atoms with van der Waals surface area (Å²) in [5.74, 6) is -5.61. The first-order valence-electron chi connectivity index (χ1n) is 14.8. The summed E-state index contributed by atoms with van der Waals surface area (Å²) in [6.07, 6.45) is -9.39. The topological polar surface area (TPSA) is 374 Å². The van der Waals surface area contributed by atoms with Gasteiger partial charge < -0.3 is 80.3 Å². The fourth-order valence-corrected chi connectivity index (χ4v) is 5.27. The number of hydrogen-bond acceptors (Lipinski definition) is 18. The van der Waals surface area contributed by atoms with Gasteiger partial charge in [0.25, 0.3) is 0 Å². The summed E-state index contributed by atoms with van der Waals surface area (Å²) in [7, 11) is 2.40. The number of nitrogens with one attached hydrogen (secondary N) is 4. The Morgan fingerprint density at radius 3 is 1.08 bits per heavy atom. The van der Waals surface area contributed by atoms with E-state index in [-0.39, 0.29) is 0 Å². The highest BCUT2D eigenvalue weighted by atomic mass is 16.7. The SMILES string of the molecule is CN(CC(=O)N1[C@H](CO)[C@H](O)[C@H](O)[C@H](O)[C@H]1CO)C(=N)NOC(=O)/C=C/C(=O)ONC(=N)N(C)CC(=O)N1[C@H](CO)[C@H](O)[C@H](O)[C@H](O)[C@H]1CO. The van der Waals surface area contributed by atoms with E-state index < -0.39 is 136 Å². The number of guanidine groups is 2. The van der Waals surface area contributed by atoms with Crippen molar-refractivity contribution >= 4 is 35.7 Å². The molecule has 0 aromatic heterocycles. The molecule has 2 saturated heterocycles. The molecule has 0 saturated carbocycles. The number of likely N-dealkylation sites (N-methyl/N-ethyl adjacent to an activating group) is 2. The zero-order chi connectivity index (χ0) is 38.0. The molecule has 2 aliphatic rings. The molecular formula is C26H44N8O16. The Morgan fingerprint density at radius 2 is 0.840 bits per heavy atom. The Labute approximate surface area is 283 Å². The molecule has 2 heterocycles. The molecule has 24 nitrogen and oxygen atoms in total. The Bertz CT molecular complexity index is 1130. The normalized spacial score (nSPS) is 29.6. The van der Waals surface area contributed by atoms with Crippen molar-refractivity contribution in [1.29, 1.82) is 10.8 Å². The van der Waals surface area contributed by atoms with Gasteiger partial charge >= 0.3 is 11.9 Å². The van der Waals surface area contributed by atoms with E-state index in [9.17, 15) is 70.2 Å². The van der Waals surface area contributed by atoms with Crippen molar-refractivity contribution in [3.63, 3.8) is 0 Å². The molecule has 284 valence electrons. The van der Waals surface area contributed by atoms with Gasteiger partial charge in [-0.1, -0.05) is 0 Å². The highest BCUT2D eigenvalue weighted by molar-refractivity contribution is 5.93. The van der Waals surface area contributed by atoms with Gasteiger partial charge in [0.15, 0.2) is 0 Å². The number of carbonyl (C=O) groups excluding carboxylic acids is 4. The van der Waals surface area contributed by atoms with E-state index in [0.29, 0.717) is 12.2 Å². The summed E-state index contributed by atoms with van der Waals surface area (Å²) in [4.78, 5) is 62.4. The van der Waals surface area contributed by atoms with E-state index in [2.05, 4.69) is 9.68 Å². The van der Waals surface area contributed by atoms with Crippen molar-refractivity contribution in [2.75, 3.05) is 53.6 Å². The second kappa shape index (κ2) is 18.7. The second-order valence-corrected chi connectivity index (χ2v) is 11.3. The minimum Gasteiger partial charge on any atom is -0.394 e. The molecule has 2 amide bonds. The number of nitrogens with zero attached hydrogens (tertiary/aromatic N) is 4. The Balaban J connectivity index is 1.84. The molecule has 0 aromatic carbocycles. The van der Waals surface area contributed by atoms with Crippen LogP contribution in [0.5, 0.6) is 0 Å². The van der Waals surface area contributed by atoms with Gasteiger partial charge in [0.05, 0.1) is 63.7 Å². The van der Waals surface area contributed by atoms with Gasteiger partial charge in [-0.25, -0.2) is 9.59 Å². The minimum atomic E-state index is -1.76. The van der Waals surface area contributed by atoms with Crippen molar-refractivity contribution < 1.29 is 79.9 Å². The van der Waals surface area contributed by atoms with Crippen molar-refractivity contribution in [3.8, 4) is 0 Å². The molecule has 0 radical (unpaired) electrons. The fraction of sp³-hybridized carbons (Fsp3) is 0.692. The maximum atomic E-state index is 12.9. The lowest BCUT2D eigenvalue weighted by Gasteiger charge is -2.48. The number of piperidine rings is 2. The predicted molar refractivity (Wildman–Crippen MR) is 162 cm³/mol. The van der Waals surface area contributed by atoms with Gasteiger partial charge in [-0.05, 0) is 0 Å². The van der Waals surface area contributed by atoms with Gasteiger partial charge in [-0.15, -0.1) is 0 Å². The van der Waals surface area contributed by atoms with Crippen molar-refractivity contribution in [3.05, 3.63) is 12.2 Å². The molecule has 0 aromatic rings. The maximum absolute atomic E-state index is 12.9. The highest BCUT2D eigenvalue weighted by Gasteiger charge is 2.50. The number of likely N-dealkylation sites (tertiary alicyclic amines) is 2. The van der Waals surface area contributed by atoms with E-state index in [1.165, 1.54) is 14.1 Å². The van der Waals surface area contributed by atoms with Crippen LogP contribution in [0.1, 0.15) is 0 Å². The number of hydrogen-bond donors (Lipinski definition) is 14. The predicted octanol–water partition coefficient (Wildman–Crippen LogP) is -9.34. The van der Waals surface area contributed by atoms with Crippen LogP contribution in [-0.2, 0) is 28.9 Å². The van der Waals surface area contributed by atoms with Crippen LogP contribution in [0.3, 0.4) is 0 Å². The number of rotatable bonds is 10. The molecule has 2 fully saturated rings. The Hall–Kier alpha value is -4.24. The van der Waals surface area contributed by atoms with Crippen LogP contribution < -0.4 is 11.0 Å². The summed E-state index contributed by atoms with van der Waals surface area (Å²) in [6.45, 7) is -4.61. The maximum Gasteiger partial charge on any atom is 0.356 e. The number of hydroxylamine groups is 2. The molecule has 2 rings (SSSR count). The number of amides is 2. The molecule has 0 unspecified atom stereocenters. The Morgan fingerprint density at radius 1 is 0.580 bits per heavy atom. The van der Waals surface area contributed by atoms with Crippen LogP contribution in [0, 0.1) is 10.8 Å². The third kappa shape index (κ3) is 9.71. The molecule has 24 heteroatoms. The first kappa shape index (κ1) is 41.9. The van der Waals surface area contributed by atoms with E-state index in [1.54, 1.807) is 0 Å². The van der Waals surface area contributed by atoms with Gasteiger partial charge in [-0.3, -0.25) is 20.4 Å². The molecule has 14 N–H and O–H groups in total. The molecular weight excluding hydrogens is 680 g/mol. The highest BCUT2D eigenvalue weighted by Crippen LogP contribution is 2.26. The van der Waals surface area contributed by atoms with Gasteiger partial charge in [0, 0.05) is 26.2 Å². The summed E-state index contributed by atoms with van der Waals surface area (Å²) in [6, 6.07) is -5.57. The summed E-state index contributed by atoms with van der Waals surface area (Å²) < 4.78 is 0. The zero-order valence-corrected chi connectivity index (χ0v) is 26.9. The van der Waals surface area contributed by atoms with E-state index in [1.807, 2.05) is 11.0 Å². The quantitative estimate of drug-likeness (QED) is 0.0430. The lowest BCUT2D eigenvalue weighted by Crippen LogP contribution is -2.70. The van der Waals surface area contributed by atoms with Gasteiger partial charge in [0.2, 0.25) is 23.7 Å². The van der Waals surface area contributed by atoms with E-state index in [0.717, 1.165) is 19.6 Å². The van der Waals surface area contributed by atoms with Gasteiger partial charge in [0.1, 0.15) is 36.6 Å². The summed E-state index contributed by atoms with van der Waals surface area (Å²) in [5.41, 5.74) is 3.80. The molecule has 0 aliphatic carbocycles. The average Bonchev–Trinajstić information content (AvgIpc) is 3.09. The Kier molecular flexibility index (Phi) is 15.7. The molecule has 0 spiro atoms. The van der Waals surface area contributed by atoms with Crippen LogP contribution in [0.4, 0.5) is 0 Å². The lowest BCUT2D eigenvalue weighted by atomic mass is 9.88. The molecule has 10 atom stereocenters. The second-order valence-electron chi connectivity index (χ2n) is 11.3. The molecule has 0 bridgehead atoms. The van der Waals surface area contributed by atoms with Crippen LogP contribution in [-0.4, -0.2) is 221 Å². The number of carbonyl (C=O) groups is 4. The van der Waals surface area contributed by atoms with E-state index in [4.69, 9.17) is 10.8 Å². The first-order chi connectivity index (χ1) is 23.5. The lowest BCUT2D eigenvalue weighted by molar-refractivity contribution is -0.188. The minimum absolute atomic E-state index is 0.553. The zero-order valence-electron chi connectivity index (χ0n) is 26.9. The fourth-order valence-electron chi connectivity index (χ4n) is 5.27. The van der Waals surface area contributed by atoms with E-state index >= 15 is 0 Å². The molecule has 50 heavy (non-hydrogen) atoms. The number of aliphatic hydroxyl groups is 10. The first-order valence-corrected chi connectivity index (χ1v) is 14.8. The standard InChI is InChI=1S/C26H44N8O16/c1-31(5-15(39)33-11(7-35)19(43)23(47)20(44)12(33)8-36)25(27)29-49-17(41)3-4-18(42)50-30-26(28)32(2)6-16(40)34-13(9-37)21(45)24(48)22(46)14(34)10-38/h3-4,11-14,19-24,35-38,43-48H,5-10H2,1-2H3,(H2,27,29)(H2,28,30)/b4-3+/t11-,12-,13-,14-,19-,20+,21-,22+,23-,24-/m1/s1. The smallest absolute Gasteiger partial charge is 0.356 e. The monoisotopic (exact) mass is 724 g/mol. The third-order valence-electron chi connectivity index (χ3n) is 8.09. The van der Waals surface area contributed by atoms with Crippen molar-refractivity contribution in [2.24, 2.45) is 0 Å². The van der Waals surface area contributed by atoms with Crippen LogP contribution in [0.2, 0.25) is 0 Å². The van der Waals surface area contributed by atoms with Crippen LogP contribution >= 0.6 is 0 Å². The largest absolute Gasteiger partial charge is 0.394 e. The van der Waals surface area contributed by atoms with Crippen molar-refractivity contribution in [1.82, 2.24) is 30.6 Å². The van der Waals surface area contributed by atoms with Crippen LogP contribution in [0.25, 0.3) is 0 Å². The van der Waals surface area contributed by atoms with Crippen molar-refractivity contribution in [2.45, 2.75) is 60.8 Å². The summed E-state index contributed by atoms with van der Waals surface area (Å²) >= 11 is 0. The third-order valence-corrected chi connectivity index (χ3v) is 8.09.